The lowest BCUT2D eigenvalue weighted by molar-refractivity contribution is -0.359. The first kappa shape index (κ1) is 92.3. The van der Waals surface area contributed by atoms with E-state index in [1.807, 2.05) is 6.08 Å². The van der Waals surface area contributed by atoms with E-state index < -0.39 is 86.8 Å². The number of unbranched alkanes of at least 4 members (excludes halogenated alkanes) is 44. The molecule has 2 saturated heterocycles. The van der Waals surface area contributed by atoms with Crippen molar-refractivity contribution < 1.29 is 64.6 Å². The molecule has 2 heterocycles. The number of hydrogen-bond acceptors (Lipinski definition) is 13. The number of allylic oxidation sites excluding steroid dienone is 13. The van der Waals surface area contributed by atoms with Crippen LogP contribution in [0.3, 0.4) is 0 Å². The van der Waals surface area contributed by atoms with E-state index in [0.29, 0.717) is 12.8 Å². The van der Waals surface area contributed by atoms with Crippen LogP contribution in [0.15, 0.2) is 85.1 Å². The molecule has 9 N–H and O–H groups in total. The summed E-state index contributed by atoms with van der Waals surface area (Å²) in [6, 6.07) is -0.941. The lowest BCUT2D eigenvalue weighted by Gasteiger charge is -2.46. The van der Waals surface area contributed by atoms with E-state index in [1.165, 1.54) is 250 Å². The zero-order chi connectivity index (χ0) is 71.5. The van der Waals surface area contributed by atoms with Gasteiger partial charge in [-0.15, -0.1) is 0 Å². The Bertz CT molecular complexity index is 1990. The largest absolute Gasteiger partial charge is 0.394 e. The van der Waals surface area contributed by atoms with Crippen molar-refractivity contribution in [2.75, 3.05) is 19.8 Å². The molecule has 0 bridgehead atoms. The Balaban J connectivity index is 1.59. The second-order valence-corrected chi connectivity index (χ2v) is 28.9. The molecule has 0 aromatic rings. The molecule has 2 aliphatic rings. The molecule has 0 aromatic carbocycles. The van der Waals surface area contributed by atoms with Crippen LogP contribution in [-0.2, 0) is 23.7 Å². The monoisotopic (exact) mass is 1400 g/mol. The van der Waals surface area contributed by atoms with E-state index in [1.54, 1.807) is 6.08 Å². The second kappa shape index (κ2) is 68.3. The van der Waals surface area contributed by atoms with Gasteiger partial charge in [0, 0.05) is 6.42 Å². The second-order valence-electron chi connectivity index (χ2n) is 28.9. The Hall–Kier alpha value is -2.83. The third-order valence-corrected chi connectivity index (χ3v) is 19.8. The average molecular weight is 1400 g/mol. The van der Waals surface area contributed by atoms with Gasteiger partial charge in [-0.3, -0.25) is 4.79 Å². The molecule has 99 heavy (non-hydrogen) atoms. The average Bonchev–Trinajstić information content (AvgIpc) is 0.794. The molecule has 0 saturated carbocycles. The maximum absolute atomic E-state index is 13.4. The normalized spacial score (nSPS) is 22.4. The minimum absolute atomic E-state index is 0.248. The minimum atomic E-state index is -1.80. The van der Waals surface area contributed by atoms with Gasteiger partial charge in [0.25, 0.3) is 0 Å². The molecule has 12 unspecified atom stereocenters. The molecule has 0 radical (unpaired) electrons. The number of carbonyl (C=O) groups is 1. The summed E-state index contributed by atoms with van der Waals surface area (Å²) in [6.07, 6.45) is 79.7. The molecule has 1 amide bonds. The molecular formula is C85H153NO13. The van der Waals surface area contributed by atoms with Crippen LogP contribution >= 0.6 is 0 Å². The highest BCUT2D eigenvalue weighted by Gasteiger charge is 2.51. The Morgan fingerprint density at radius 3 is 1.11 bits per heavy atom. The lowest BCUT2D eigenvalue weighted by atomic mass is 9.97. The molecule has 14 nitrogen and oxygen atoms in total. The van der Waals surface area contributed by atoms with Crippen molar-refractivity contribution in [2.24, 2.45) is 0 Å². The molecule has 0 aromatic heterocycles. The lowest BCUT2D eigenvalue weighted by Crippen LogP contribution is -2.65. The van der Waals surface area contributed by atoms with Crippen LogP contribution in [0, 0.1) is 0 Å². The third-order valence-electron chi connectivity index (χ3n) is 19.8. The summed E-state index contributed by atoms with van der Waals surface area (Å²) >= 11 is 0. The zero-order valence-corrected chi connectivity index (χ0v) is 63.2. The van der Waals surface area contributed by atoms with Crippen molar-refractivity contribution in [1.82, 2.24) is 5.32 Å². The van der Waals surface area contributed by atoms with Crippen molar-refractivity contribution in [2.45, 2.75) is 428 Å². The predicted molar refractivity (Wildman–Crippen MR) is 410 cm³/mol. The third kappa shape index (κ3) is 51.1. The maximum atomic E-state index is 13.4. The quantitative estimate of drug-likeness (QED) is 0.0204. The fourth-order valence-corrected chi connectivity index (χ4v) is 13.3. The van der Waals surface area contributed by atoms with Gasteiger partial charge in [0.15, 0.2) is 12.6 Å². The standard InChI is InChI=1S/C85H153NO13/c1-3-5-7-9-11-13-15-17-19-21-23-25-27-29-31-32-33-34-35-36-37-38-39-40-41-42-43-45-47-49-51-53-55-57-59-61-63-65-67-69-77(90)86-73(72-96-84-82(95)80(93)83(76(71-88)98-84)99-85-81(94)79(92)78(91)75(70-87)97-85)74(89)68-66-64-62-60-58-56-54-52-50-48-46-44-30-28-26-24-22-20-18-16-14-12-10-8-6-4-2/h5,7,11,13,17,19,23,25,50,52,58,60,66,68,73-76,78-85,87-89,91-95H,3-4,6,8-10,12,14-16,18,20-22,24,26-49,51,53-57,59,61-65,67,69-72H2,1-2H3,(H,86,90)/b7-5-,13-11-,19-17-,25-23-,52-50+,60-58+,68-66+. The molecule has 0 spiro atoms. The number of amides is 1. The minimum Gasteiger partial charge on any atom is -0.394 e. The Kier molecular flexibility index (Phi) is 63.6. The highest BCUT2D eigenvalue weighted by Crippen LogP contribution is 2.30. The summed E-state index contributed by atoms with van der Waals surface area (Å²) in [7, 11) is 0. The van der Waals surface area contributed by atoms with Gasteiger partial charge in [-0.2, -0.15) is 0 Å². The van der Waals surface area contributed by atoms with Crippen molar-refractivity contribution in [3.8, 4) is 0 Å². The number of aliphatic hydroxyl groups is 8. The molecular weight excluding hydrogens is 1240 g/mol. The zero-order valence-electron chi connectivity index (χ0n) is 63.2. The van der Waals surface area contributed by atoms with Crippen LogP contribution in [0.5, 0.6) is 0 Å². The van der Waals surface area contributed by atoms with E-state index in [-0.39, 0.29) is 18.9 Å². The van der Waals surface area contributed by atoms with Gasteiger partial charge in [-0.1, -0.05) is 349 Å². The number of nitrogens with one attached hydrogen (secondary N) is 1. The Morgan fingerprint density at radius 1 is 0.374 bits per heavy atom. The smallest absolute Gasteiger partial charge is 0.220 e. The van der Waals surface area contributed by atoms with Crippen LogP contribution in [0.4, 0.5) is 0 Å². The van der Waals surface area contributed by atoms with E-state index >= 15 is 0 Å². The number of ether oxygens (including phenoxy) is 4. The molecule has 0 aliphatic carbocycles. The topological polar surface area (TPSA) is 228 Å². The summed E-state index contributed by atoms with van der Waals surface area (Å²) < 4.78 is 22.9. The van der Waals surface area contributed by atoms with Crippen LogP contribution in [0.1, 0.15) is 354 Å². The van der Waals surface area contributed by atoms with Gasteiger partial charge in [0.1, 0.15) is 48.8 Å². The highest BCUT2D eigenvalue weighted by molar-refractivity contribution is 5.76. The van der Waals surface area contributed by atoms with Crippen molar-refractivity contribution in [1.29, 1.82) is 0 Å². The first-order chi connectivity index (χ1) is 48.6. The van der Waals surface area contributed by atoms with E-state index in [9.17, 15) is 45.6 Å². The van der Waals surface area contributed by atoms with Gasteiger partial charge < -0.3 is 65.1 Å². The van der Waals surface area contributed by atoms with E-state index in [4.69, 9.17) is 18.9 Å². The van der Waals surface area contributed by atoms with Crippen molar-refractivity contribution >= 4 is 5.91 Å². The molecule has 576 valence electrons. The summed E-state index contributed by atoms with van der Waals surface area (Å²) in [5.74, 6) is -0.248. The summed E-state index contributed by atoms with van der Waals surface area (Å²) in [5, 5.41) is 87.7. The van der Waals surface area contributed by atoms with Crippen LogP contribution in [0.2, 0.25) is 0 Å². The fraction of sp³-hybridized carbons (Fsp3) is 0.824. The molecule has 2 rings (SSSR count). The molecule has 12 atom stereocenters. The number of aliphatic hydroxyl groups excluding tert-OH is 8. The van der Waals surface area contributed by atoms with Crippen LogP contribution in [0.25, 0.3) is 0 Å². The maximum Gasteiger partial charge on any atom is 0.220 e. The highest BCUT2D eigenvalue weighted by atomic mass is 16.7. The first-order valence-electron chi connectivity index (χ1n) is 41.3. The summed E-state index contributed by atoms with van der Waals surface area (Å²) in [4.78, 5) is 13.4. The van der Waals surface area contributed by atoms with Gasteiger partial charge in [0.05, 0.1) is 32.0 Å². The Morgan fingerprint density at radius 2 is 0.707 bits per heavy atom. The Labute approximate surface area is 605 Å². The molecule has 14 heteroatoms. The van der Waals surface area contributed by atoms with Crippen LogP contribution < -0.4 is 5.32 Å². The van der Waals surface area contributed by atoms with Crippen molar-refractivity contribution in [3.05, 3.63) is 85.1 Å². The van der Waals surface area contributed by atoms with Crippen LogP contribution in [-0.4, -0.2) is 140 Å². The predicted octanol–water partition coefficient (Wildman–Crippen LogP) is 19.1. The van der Waals surface area contributed by atoms with E-state index in [0.717, 1.165) is 70.6 Å². The number of rotatable bonds is 69. The summed E-state index contributed by atoms with van der Waals surface area (Å²) in [6.45, 7) is 2.71. The van der Waals surface area contributed by atoms with Gasteiger partial charge in [0.2, 0.25) is 5.91 Å². The molecule has 2 fully saturated rings. The number of hydrogen-bond donors (Lipinski definition) is 9. The number of carbonyl (C=O) groups excluding carboxylic acids is 1. The van der Waals surface area contributed by atoms with Gasteiger partial charge in [-0.25, -0.2) is 0 Å². The van der Waals surface area contributed by atoms with Gasteiger partial charge in [-0.05, 0) is 83.5 Å². The SMILES string of the molecule is CC/C=C\C/C=C\C/C=C\C/C=C\CCCCCCCCCCCCCCCCCCCCCCCCCCCCC(=O)NC(COC1OC(CO)C(OC2OC(CO)C(O)C(O)C2O)C(O)C1O)C(O)/C=C/CC/C=C/CC/C=C/CCCCCCCCCCCCCCCCCC. The summed E-state index contributed by atoms with van der Waals surface area (Å²) in [5.41, 5.74) is 0. The fourth-order valence-electron chi connectivity index (χ4n) is 13.3. The van der Waals surface area contributed by atoms with Crippen molar-refractivity contribution in [3.63, 3.8) is 0 Å². The first-order valence-corrected chi connectivity index (χ1v) is 41.3. The molecule has 2 aliphatic heterocycles. The van der Waals surface area contributed by atoms with Gasteiger partial charge >= 0.3 is 0 Å². The van der Waals surface area contributed by atoms with E-state index in [2.05, 4.69) is 92.1 Å².